The Kier molecular flexibility index (Phi) is 10.5. The molecule has 0 bridgehead atoms. The van der Waals surface area contributed by atoms with E-state index in [-0.39, 0.29) is 0 Å². The molecule has 0 aliphatic carbocycles. The lowest BCUT2D eigenvalue weighted by atomic mass is 9.99. The van der Waals surface area contributed by atoms with E-state index in [0.717, 1.165) is 29.8 Å². The molecule has 1 aromatic rings. The highest BCUT2D eigenvalue weighted by Crippen LogP contribution is 2.30. The van der Waals surface area contributed by atoms with E-state index in [1.807, 2.05) is 13.0 Å². The van der Waals surface area contributed by atoms with E-state index in [9.17, 15) is 0 Å². The van der Waals surface area contributed by atoms with Gasteiger partial charge in [-0.2, -0.15) is 0 Å². The monoisotopic (exact) mass is 351 g/mol. The molecule has 1 rings (SSSR count). The van der Waals surface area contributed by atoms with Crippen molar-refractivity contribution in [1.29, 1.82) is 0 Å². The molecule has 0 saturated carbocycles. The third kappa shape index (κ3) is 7.47. The summed E-state index contributed by atoms with van der Waals surface area (Å²) >= 11 is 0. The predicted molar refractivity (Wildman–Crippen MR) is 120 cm³/mol. The van der Waals surface area contributed by atoms with Crippen LogP contribution in [0.2, 0.25) is 0 Å². The predicted octanol–water partition coefficient (Wildman–Crippen LogP) is 7.58. The summed E-state index contributed by atoms with van der Waals surface area (Å²) in [5.41, 5.74) is 5.45. The molecule has 0 saturated heterocycles. The highest BCUT2D eigenvalue weighted by molar-refractivity contribution is 5.84. The highest BCUT2D eigenvalue weighted by atomic mass is 15.1. The van der Waals surface area contributed by atoms with Gasteiger partial charge in [0.05, 0.1) is 0 Å². The number of allylic oxidation sites excluding steroid dienone is 2. The minimum Gasteiger partial charge on any atom is -0.367 e. The Labute approximate surface area is 161 Å². The maximum atomic E-state index is 4.24. The van der Waals surface area contributed by atoms with Crippen molar-refractivity contribution in [3.8, 4) is 0 Å². The molecule has 1 aromatic carbocycles. The summed E-state index contributed by atoms with van der Waals surface area (Å²) in [6.07, 6.45) is 11.1. The smallest absolute Gasteiger partial charge is 0.0448 e. The first kappa shape index (κ1) is 22.0. The molecule has 1 nitrogen and oxygen atoms in total. The van der Waals surface area contributed by atoms with Crippen molar-refractivity contribution >= 4 is 11.3 Å². The summed E-state index contributed by atoms with van der Waals surface area (Å²) in [7, 11) is 0. The van der Waals surface area contributed by atoms with Gasteiger partial charge in [-0.25, -0.2) is 0 Å². The number of unbranched alkanes of at least 4 members (excludes halogenated alkanes) is 6. The number of benzene rings is 1. The zero-order chi connectivity index (χ0) is 19.4. The number of nitrogens with zero attached hydrogens (tertiary/aromatic N) is 1. The van der Waals surface area contributed by atoms with Crippen LogP contribution in [0.3, 0.4) is 0 Å². The van der Waals surface area contributed by atoms with Crippen LogP contribution in [0.5, 0.6) is 0 Å². The summed E-state index contributed by atoms with van der Waals surface area (Å²) in [6, 6.07) is 8.49. The Bertz CT molecular complexity index is 608. The molecule has 0 heterocycles. The third-order valence-electron chi connectivity index (χ3n) is 4.80. The number of hydrogen-bond donors (Lipinski definition) is 0. The number of hydrogen-bond acceptors (Lipinski definition) is 1. The van der Waals surface area contributed by atoms with E-state index >= 15 is 0 Å². The van der Waals surface area contributed by atoms with Gasteiger partial charge >= 0.3 is 0 Å². The first-order valence-corrected chi connectivity index (χ1v) is 10.0. The fourth-order valence-corrected chi connectivity index (χ4v) is 3.09. The fraction of sp³-hybridized carbons (Fsp3) is 0.440. The molecule has 0 spiro atoms. The second-order valence-electron chi connectivity index (χ2n) is 7.18. The fourth-order valence-electron chi connectivity index (χ4n) is 3.09. The minimum absolute atomic E-state index is 0.805. The normalized spacial score (nSPS) is 10.4. The van der Waals surface area contributed by atoms with E-state index in [0.29, 0.717) is 0 Å². The van der Waals surface area contributed by atoms with Crippen LogP contribution in [0.15, 0.2) is 67.8 Å². The van der Waals surface area contributed by atoms with Gasteiger partial charge in [0.25, 0.3) is 0 Å². The van der Waals surface area contributed by atoms with Gasteiger partial charge in [0, 0.05) is 24.3 Å². The van der Waals surface area contributed by atoms with E-state index in [2.05, 4.69) is 62.4 Å². The zero-order valence-electron chi connectivity index (χ0n) is 17.0. The van der Waals surface area contributed by atoms with Crippen molar-refractivity contribution < 1.29 is 0 Å². The van der Waals surface area contributed by atoms with Crippen LogP contribution < -0.4 is 4.90 Å². The third-order valence-corrected chi connectivity index (χ3v) is 4.80. The Balaban J connectivity index is 2.81. The van der Waals surface area contributed by atoms with Gasteiger partial charge in [-0.3, -0.25) is 0 Å². The van der Waals surface area contributed by atoms with E-state index in [4.69, 9.17) is 0 Å². The lowest BCUT2D eigenvalue weighted by Crippen LogP contribution is -2.27. The van der Waals surface area contributed by atoms with Crippen molar-refractivity contribution in [2.75, 3.05) is 18.0 Å². The van der Waals surface area contributed by atoms with Crippen LogP contribution in [-0.4, -0.2) is 13.1 Å². The Morgan fingerprint density at radius 3 is 2.19 bits per heavy atom. The Morgan fingerprint density at radius 2 is 1.58 bits per heavy atom. The maximum Gasteiger partial charge on any atom is 0.0448 e. The van der Waals surface area contributed by atoms with Crippen molar-refractivity contribution in [2.24, 2.45) is 0 Å². The van der Waals surface area contributed by atoms with Gasteiger partial charge in [0.1, 0.15) is 0 Å². The molecule has 0 atom stereocenters. The average molecular weight is 352 g/mol. The molecule has 0 fully saturated rings. The largest absolute Gasteiger partial charge is 0.367 e. The number of para-hydroxylation sites is 1. The molecule has 0 amide bonds. The summed E-state index contributed by atoms with van der Waals surface area (Å²) in [5, 5.41) is 0. The zero-order valence-corrected chi connectivity index (χ0v) is 17.0. The molecule has 0 aromatic heterocycles. The maximum absolute atomic E-state index is 4.24. The highest BCUT2D eigenvalue weighted by Gasteiger charge is 2.13. The van der Waals surface area contributed by atoms with Crippen LogP contribution in [0.1, 0.15) is 64.4 Å². The summed E-state index contributed by atoms with van der Waals surface area (Å²) in [4.78, 5) is 2.42. The Hall–Kier alpha value is -2.02. The molecular formula is C25H37N. The van der Waals surface area contributed by atoms with Gasteiger partial charge in [-0.1, -0.05) is 102 Å². The van der Waals surface area contributed by atoms with E-state index in [1.165, 1.54) is 56.2 Å². The molecule has 0 N–H and O–H groups in total. The molecule has 0 radical (unpaired) electrons. The molecule has 142 valence electrons. The number of rotatable bonds is 14. The van der Waals surface area contributed by atoms with Crippen LogP contribution in [-0.2, 0) is 0 Å². The first-order chi connectivity index (χ1) is 12.5. The Morgan fingerprint density at radius 1 is 0.962 bits per heavy atom. The molecule has 0 aliphatic heterocycles. The molecule has 26 heavy (non-hydrogen) atoms. The van der Waals surface area contributed by atoms with E-state index in [1.54, 1.807) is 0 Å². The van der Waals surface area contributed by atoms with Crippen LogP contribution in [0.25, 0.3) is 5.57 Å². The second kappa shape index (κ2) is 12.4. The SMILES string of the molecule is C=CC(=C)CN(CCCCCCCCC)c1ccccc1C(=C)C(=C)C. The van der Waals surface area contributed by atoms with Gasteiger partial charge in [-0.05, 0) is 30.6 Å². The average Bonchev–Trinajstić information content (AvgIpc) is 2.65. The van der Waals surface area contributed by atoms with Gasteiger partial charge in [0.15, 0.2) is 0 Å². The molecule has 1 heteroatoms. The molecule has 0 aliphatic rings. The molecule has 0 unspecified atom stereocenters. The topological polar surface area (TPSA) is 3.24 Å². The van der Waals surface area contributed by atoms with E-state index < -0.39 is 0 Å². The summed E-state index contributed by atoms with van der Waals surface area (Å²) in [5.74, 6) is 0. The molecular weight excluding hydrogens is 314 g/mol. The summed E-state index contributed by atoms with van der Waals surface area (Å²) < 4.78 is 0. The van der Waals surface area contributed by atoms with Crippen LogP contribution >= 0.6 is 0 Å². The van der Waals surface area contributed by atoms with Crippen molar-refractivity contribution in [1.82, 2.24) is 0 Å². The van der Waals surface area contributed by atoms with Crippen LogP contribution in [0, 0.1) is 0 Å². The van der Waals surface area contributed by atoms with Crippen LogP contribution in [0.4, 0.5) is 5.69 Å². The minimum atomic E-state index is 0.805. The van der Waals surface area contributed by atoms with Crippen molar-refractivity contribution in [3.63, 3.8) is 0 Å². The standard InChI is InChI=1S/C25H37N/c1-7-9-10-11-12-13-16-19-26(20-22(5)8-2)25-18-15-14-17-24(25)23(6)21(3)4/h8,14-15,17-18H,2-3,5-7,9-13,16,19-20H2,1,4H3. The summed E-state index contributed by atoms with van der Waals surface area (Å²) in [6.45, 7) is 22.4. The lowest BCUT2D eigenvalue weighted by molar-refractivity contribution is 0.586. The van der Waals surface area contributed by atoms with Crippen molar-refractivity contribution in [3.05, 3.63) is 73.4 Å². The lowest BCUT2D eigenvalue weighted by Gasteiger charge is -2.28. The van der Waals surface area contributed by atoms with Gasteiger partial charge in [-0.15, -0.1) is 0 Å². The van der Waals surface area contributed by atoms with Crippen molar-refractivity contribution in [2.45, 2.75) is 58.8 Å². The van der Waals surface area contributed by atoms with Gasteiger partial charge < -0.3 is 4.90 Å². The number of anilines is 1. The van der Waals surface area contributed by atoms with Gasteiger partial charge in [0.2, 0.25) is 0 Å². The first-order valence-electron chi connectivity index (χ1n) is 10.0. The quantitative estimate of drug-likeness (QED) is 0.247. The second-order valence-corrected chi connectivity index (χ2v) is 7.18.